The van der Waals surface area contributed by atoms with Gasteiger partial charge >= 0.3 is 0 Å². The van der Waals surface area contributed by atoms with E-state index in [9.17, 15) is 96.7 Å². The summed E-state index contributed by atoms with van der Waals surface area (Å²) in [5, 5.41) is 194. The van der Waals surface area contributed by atoms with E-state index in [-0.39, 0.29) is 0 Å². The van der Waals surface area contributed by atoms with Crippen molar-refractivity contribution in [1.29, 1.82) is 0 Å². The highest BCUT2D eigenvalue weighted by Gasteiger charge is 2.58. The van der Waals surface area contributed by atoms with Crippen LogP contribution in [-0.2, 0) is 56.9 Å². The van der Waals surface area contributed by atoms with Gasteiger partial charge in [0.2, 0.25) is 5.91 Å². The first-order valence-electron chi connectivity index (χ1n) is 22.0. The van der Waals surface area contributed by atoms with Crippen molar-refractivity contribution in [2.24, 2.45) is 0 Å². The van der Waals surface area contributed by atoms with Gasteiger partial charge in [0.25, 0.3) is 0 Å². The highest BCUT2D eigenvalue weighted by molar-refractivity contribution is 5.73. The average Bonchev–Trinajstić information content (AvgIpc) is 3.32. The van der Waals surface area contributed by atoms with Gasteiger partial charge in [0, 0.05) is 6.92 Å². The van der Waals surface area contributed by atoms with Crippen LogP contribution in [0.2, 0.25) is 0 Å². The van der Waals surface area contributed by atoms with Gasteiger partial charge in [0.1, 0.15) is 140 Å². The predicted molar refractivity (Wildman–Crippen MR) is 209 cm³/mol. The summed E-state index contributed by atoms with van der Waals surface area (Å²) in [7, 11) is 0. The summed E-state index contributed by atoms with van der Waals surface area (Å²) in [5.74, 6) is -0.869. The lowest BCUT2D eigenvalue weighted by Crippen LogP contribution is -2.70. The van der Waals surface area contributed by atoms with Crippen LogP contribution in [0, 0.1) is 0 Å². The maximum Gasteiger partial charge on any atom is 0.217 e. The number of aliphatic hydroxyl groups excluding tert-OH is 18. The van der Waals surface area contributed by atoms with E-state index in [1.165, 1.54) is 6.92 Å². The zero-order valence-corrected chi connectivity index (χ0v) is 36.8. The molecule has 402 valence electrons. The first-order valence-corrected chi connectivity index (χ1v) is 22.0. The molecule has 69 heavy (non-hydrogen) atoms. The minimum Gasteiger partial charge on any atom is -0.394 e. The lowest BCUT2D eigenvalue weighted by atomic mass is 9.94. The van der Waals surface area contributed by atoms with Gasteiger partial charge in [-0.3, -0.25) is 4.79 Å². The van der Waals surface area contributed by atoms with Crippen molar-refractivity contribution in [2.75, 3.05) is 33.0 Å². The van der Waals surface area contributed by atoms with Crippen molar-refractivity contribution >= 4 is 5.91 Å². The lowest BCUT2D eigenvalue weighted by Gasteiger charge is -2.51. The minimum absolute atomic E-state index is 0.869. The Balaban J connectivity index is 1.30. The maximum atomic E-state index is 12.7. The Hall–Kier alpha value is -1.69. The van der Waals surface area contributed by atoms with E-state index in [2.05, 4.69) is 5.32 Å². The third-order valence-electron chi connectivity index (χ3n) is 12.8. The van der Waals surface area contributed by atoms with Crippen molar-refractivity contribution in [3.05, 3.63) is 0 Å². The van der Waals surface area contributed by atoms with Gasteiger partial charge in [0.05, 0.1) is 39.1 Å². The Morgan fingerprint density at radius 3 is 1.35 bits per heavy atom. The Morgan fingerprint density at radius 1 is 0.377 bits per heavy atom. The van der Waals surface area contributed by atoms with Crippen LogP contribution in [0.25, 0.3) is 0 Å². The summed E-state index contributed by atoms with van der Waals surface area (Å²) in [4.78, 5) is 12.7. The Bertz CT molecular complexity index is 1610. The lowest BCUT2D eigenvalue weighted by molar-refractivity contribution is -0.405. The molecule has 1 unspecified atom stereocenters. The van der Waals surface area contributed by atoms with Crippen LogP contribution in [0.1, 0.15) is 13.8 Å². The summed E-state index contributed by atoms with van der Waals surface area (Å²) in [6.07, 6.45) is -55.0. The molecule has 0 saturated carbocycles. The fraction of sp³-hybridized carbons (Fsp3) is 0.974. The summed E-state index contributed by atoms with van der Waals surface area (Å²) < 4.78 is 63.1. The summed E-state index contributed by atoms with van der Waals surface area (Å²) in [5.41, 5.74) is 0. The van der Waals surface area contributed by atoms with Gasteiger partial charge in [-0.05, 0) is 6.92 Å². The van der Waals surface area contributed by atoms with Gasteiger partial charge in [-0.25, -0.2) is 0 Å². The number of carbonyl (C=O) groups is 1. The smallest absolute Gasteiger partial charge is 0.217 e. The van der Waals surface area contributed by atoms with Crippen LogP contribution in [0.4, 0.5) is 0 Å². The highest BCUT2D eigenvalue weighted by Crippen LogP contribution is 2.38. The molecule has 6 fully saturated rings. The first-order chi connectivity index (χ1) is 32.6. The molecule has 6 saturated heterocycles. The molecule has 0 aromatic heterocycles. The van der Waals surface area contributed by atoms with Crippen molar-refractivity contribution in [3.63, 3.8) is 0 Å². The summed E-state index contributed by atoms with van der Waals surface area (Å²) >= 11 is 0. The topological polar surface area (TPSA) is 495 Å². The van der Waals surface area contributed by atoms with Crippen molar-refractivity contribution in [2.45, 2.75) is 198 Å². The fourth-order valence-corrected chi connectivity index (χ4v) is 8.83. The van der Waals surface area contributed by atoms with Crippen LogP contribution >= 0.6 is 0 Å². The van der Waals surface area contributed by atoms with Crippen molar-refractivity contribution in [3.8, 4) is 0 Å². The Morgan fingerprint density at radius 2 is 0.783 bits per heavy atom. The molecule has 6 rings (SSSR count). The molecule has 0 spiro atoms. The van der Waals surface area contributed by atoms with Crippen LogP contribution in [0.15, 0.2) is 0 Å². The molecule has 0 radical (unpaired) electrons. The van der Waals surface area contributed by atoms with Crippen molar-refractivity contribution in [1.82, 2.24) is 5.32 Å². The molecule has 19 N–H and O–H groups in total. The minimum atomic E-state index is -2.14. The summed E-state index contributed by atoms with van der Waals surface area (Å²) in [6.45, 7) is -2.63. The molecular formula is C38H65NO30. The normalized spacial score (nSPS) is 52.1. The van der Waals surface area contributed by atoms with Gasteiger partial charge in [-0.1, -0.05) is 0 Å². The number of aliphatic hydroxyl groups is 18. The molecule has 6 aliphatic rings. The molecule has 31 nitrogen and oxygen atoms in total. The molecule has 31 heteroatoms. The van der Waals surface area contributed by atoms with E-state index < -0.39 is 223 Å². The third-order valence-corrected chi connectivity index (χ3v) is 12.8. The molecule has 0 aromatic rings. The Labute approximate surface area is 390 Å². The highest BCUT2D eigenvalue weighted by atomic mass is 16.8. The zero-order valence-electron chi connectivity index (χ0n) is 36.8. The molecule has 6 aliphatic heterocycles. The van der Waals surface area contributed by atoms with E-state index in [0.717, 1.165) is 6.92 Å². The van der Waals surface area contributed by atoms with Gasteiger partial charge in [-0.2, -0.15) is 0 Å². The van der Waals surface area contributed by atoms with E-state index in [1.807, 2.05) is 0 Å². The third kappa shape index (κ3) is 11.8. The molecule has 30 atom stereocenters. The second kappa shape index (κ2) is 24.1. The number of ether oxygens (including phenoxy) is 11. The van der Waals surface area contributed by atoms with E-state index in [4.69, 9.17) is 52.1 Å². The molecule has 1 amide bonds. The Kier molecular flexibility index (Phi) is 19.8. The summed E-state index contributed by atoms with van der Waals surface area (Å²) in [6, 6.07) is -1.82. The van der Waals surface area contributed by atoms with E-state index >= 15 is 0 Å². The van der Waals surface area contributed by atoms with Gasteiger partial charge < -0.3 is 149 Å². The number of hydrogen-bond acceptors (Lipinski definition) is 30. The zero-order chi connectivity index (χ0) is 50.9. The molecule has 6 heterocycles. The maximum absolute atomic E-state index is 12.7. The van der Waals surface area contributed by atoms with Crippen molar-refractivity contribution < 1.29 is 149 Å². The molecule has 0 aromatic carbocycles. The SMILES string of the molecule is CC(=O)N[C@H]1[C@H](O[C@H]2[C@@H](O)[C@@H](CO)O[C@@H](O[C@H]3[C@H](O)[C@@H](O)C(O)O[C@@H]3CO)[C@@H]2O)O[C@H](CO)[C@@H](O[C@@H]2O[C@H](CO)[C@H](O)[C@H](O[C@H]3O[C@H](CO)[C@H](O)[C@H](O)[C@H]3O)[C@H]2O[C@H]2O[C@H](C)[C@H](O)[C@H](O)[C@H]2O)[C@@H]1O. The van der Waals surface area contributed by atoms with Crippen LogP contribution in [0.3, 0.4) is 0 Å². The van der Waals surface area contributed by atoms with Gasteiger partial charge in [-0.15, -0.1) is 0 Å². The average molecular weight is 1020 g/mol. The number of nitrogens with one attached hydrogen (secondary N) is 1. The molecule has 0 bridgehead atoms. The molecule has 0 aliphatic carbocycles. The second-order valence-corrected chi connectivity index (χ2v) is 17.5. The largest absolute Gasteiger partial charge is 0.394 e. The number of amides is 1. The monoisotopic (exact) mass is 1020 g/mol. The number of rotatable bonds is 16. The van der Waals surface area contributed by atoms with E-state index in [1.54, 1.807) is 0 Å². The number of carbonyl (C=O) groups excluding carboxylic acids is 1. The molecular weight excluding hydrogens is 950 g/mol. The van der Waals surface area contributed by atoms with E-state index in [0.29, 0.717) is 0 Å². The van der Waals surface area contributed by atoms with Gasteiger partial charge in [0.15, 0.2) is 37.7 Å². The predicted octanol–water partition coefficient (Wildman–Crippen LogP) is -12.9. The van der Waals surface area contributed by atoms with Crippen LogP contribution in [0.5, 0.6) is 0 Å². The number of hydrogen-bond donors (Lipinski definition) is 19. The second-order valence-electron chi connectivity index (χ2n) is 17.5. The first kappa shape index (κ1) is 56.6. The van der Waals surface area contributed by atoms with Crippen LogP contribution in [-0.4, -0.2) is 315 Å². The van der Waals surface area contributed by atoms with Crippen LogP contribution < -0.4 is 5.32 Å². The standard InChI is InChI=1S/C38H65NO30/c1-8-16(46)21(51)25(55)35(59-8)69-32-31(68-36-26(56)22(52)17(47)10(3-40)61-36)19(49)12(5-42)63-38(32)66-28-14(7-44)64-34(15(20(28)50)39-9(2)45)67-30-18(48)11(4-41)62-37(27(30)57)65-29-13(6-43)60-33(58)24(54)23(29)53/h8,10-38,40-44,46-58H,3-7H2,1-2H3,(H,39,45)/t8-,10-,11-,12-,13-,14-,15-,16+,17+,18+,19+,20-,21+,22+,23-,24-,25-,26-,27-,28-,29-,30+,31+,32-,33?,34+,35-,36-,37+,38+/m1/s1. The fourth-order valence-electron chi connectivity index (χ4n) is 8.83. The quantitative estimate of drug-likeness (QED) is 0.0682.